The lowest BCUT2D eigenvalue weighted by Crippen LogP contribution is -2.44. The van der Waals surface area contributed by atoms with Gasteiger partial charge in [-0.1, -0.05) is 6.92 Å². The van der Waals surface area contributed by atoms with Crippen LogP contribution in [-0.4, -0.2) is 51.9 Å². The van der Waals surface area contributed by atoms with Gasteiger partial charge in [-0.15, -0.1) is 0 Å². The molecule has 1 aromatic rings. The Balaban J connectivity index is 1.43. The molecule has 0 unspecified atom stereocenters. The summed E-state index contributed by atoms with van der Waals surface area (Å²) in [6.07, 6.45) is 9.49. The van der Waals surface area contributed by atoms with E-state index >= 15 is 0 Å². The van der Waals surface area contributed by atoms with Gasteiger partial charge in [0.05, 0.1) is 18.3 Å². The van der Waals surface area contributed by atoms with Crippen LogP contribution in [0.15, 0.2) is 0 Å². The molecule has 0 radical (unpaired) electrons. The first-order valence-electron chi connectivity index (χ1n) is 9.80. The summed E-state index contributed by atoms with van der Waals surface area (Å²) in [5, 5.41) is 0. The van der Waals surface area contributed by atoms with Gasteiger partial charge >= 0.3 is 0 Å². The highest BCUT2D eigenvalue weighted by atomic mass is 16.2. The van der Waals surface area contributed by atoms with Crippen molar-refractivity contribution in [3.8, 4) is 0 Å². The van der Waals surface area contributed by atoms with E-state index in [4.69, 9.17) is 4.98 Å². The van der Waals surface area contributed by atoms with E-state index in [-0.39, 0.29) is 0 Å². The topological polar surface area (TPSA) is 52.2 Å². The van der Waals surface area contributed by atoms with Crippen molar-refractivity contribution in [2.24, 2.45) is 5.92 Å². The number of nitrogens with one attached hydrogen (secondary N) is 1. The first-order valence-corrected chi connectivity index (χ1v) is 9.80. The van der Waals surface area contributed by atoms with Crippen LogP contribution < -0.4 is 0 Å². The molecule has 4 rings (SSSR count). The van der Waals surface area contributed by atoms with E-state index in [0.29, 0.717) is 24.4 Å². The third-order valence-corrected chi connectivity index (χ3v) is 6.00. The average Bonchev–Trinajstić information content (AvgIpc) is 3.20. The highest BCUT2D eigenvalue weighted by Gasteiger charge is 2.32. The normalized spacial score (nSPS) is 28.1. The number of fused-ring (bicyclic) bond motifs is 1. The summed E-state index contributed by atoms with van der Waals surface area (Å²) in [7, 11) is 0. The molecular weight excluding hydrogens is 300 g/mol. The Morgan fingerprint density at radius 1 is 1.17 bits per heavy atom. The van der Waals surface area contributed by atoms with Crippen molar-refractivity contribution in [3.05, 3.63) is 17.2 Å². The highest BCUT2D eigenvalue weighted by Crippen LogP contribution is 2.32. The quantitative estimate of drug-likeness (QED) is 0.927. The van der Waals surface area contributed by atoms with Gasteiger partial charge in [0, 0.05) is 18.8 Å². The predicted molar refractivity (Wildman–Crippen MR) is 93.8 cm³/mol. The van der Waals surface area contributed by atoms with Crippen molar-refractivity contribution in [1.29, 1.82) is 0 Å². The summed E-state index contributed by atoms with van der Waals surface area (Å²) >= 11 is 0. The lowest BCUT2D eigenvalue weighted by molar-refractivity contribution is -0.134. The lowest BCUT2D eigenvalue weighted by Gasteiger charge is -2.33. The summed E-state index contributed by atoms with van der Waals surface area (Å²) < 4.78 is 0. The van der Waals surface area contributed by atoms with Crippen molar-refractivity contribution >= 4 is 5.91 Å². The zero-order valence-electron chi connectivity index (χ0n) is 14.9. The summed E-state index contributed by atoms with van der Waals surface area (Å²) in [5.74, 6) is 2.07. The maximum absolute atomic E-state index is 12.7. The average molecular weight is 330 g/mol. The van der Waals surface area contributed by atoms with Crippen molar-refractivity contribution in [1.82, 2.24) is 19.8 Å². The van der Waals surface area contributed by atoms with Crippen LogP contribution >= 0.6 is 0 Å². The summed E-state index contributed by atoms with van der Waals surface area (Å²) in [6, 6.07) is 0.307. The maximum atomic E-state index is 12.7. The number of hydrogen-bond acceptors (Lipinski definition) is 3. The first kappa shape index (κ1) is 16.1. The number of rotatable bonds is 3. The SMILES string of the molecule is C[C@@H]1CCCN(C(=O)CN2CCC[C@H]2c2nc3c([nH]2)CCCC3)C1. The van der Waals surface area contributed by atoms with Gasteiger partial charge in [-0.3, -0.25) is 9.69 Å². The van der Waals surface area contributed by atoms with Gasteiger partial charge in [-0.2, -0.15) is 0 Å². The second-order valence-corrected chi connectivity index (χ2v) is 7.97. The highest BCUT2D eigenvalue weighted by molar-refractivity contribution is 5.78. The molecule has 0 bridgehead atoms. The summed E-state index contributed by atoms with van der Waals surface area (Å²) in [4.78, 5) is 25.6. The number of aromatic nitrogens is 2. The van der Waals surface area contributed by atoms with Gasteiger partial charge in [-0.25, -0.2) is 4.98 Å². The number of carbonyl (C=O) groups is 1. The maximum Gasteiger partial charge on any atom is 0.236 e. The van der Waals surface area contributed by atoms with Crippen LogP contribution in [0.1, 0.15) is 68.7 Å². The van der Waals surface area contributed by atoms with Gasteiger partial charge < -0.3 is 9.88 Å². The smallest absolute Gasteiger partial charge is 0.236 e. The van der Waals surface area contributed by atoms with E-state index in [1.165, 1.54) is 37.1 Å². The fourth-order valence-electron chi connectivity index (χ4n) is 4.65. The van der Waals surface area contributed by atoms with Gasteiger partial charge in [0.15, 0.2) is 0 Å². The molecule has 2 atom stereocenters. The Hall–Kier alpha value is -1.36. The third kappa shape index (κ3) is 3.23. The molecule has 24 heavy (non-hydrogen) atoms. The molecule has 1 aliphatic carbocycles. The summed E-state index contributed by atoms with van der Waals surface area (Å²) in [6.45, 7) is 5.71. The van der Waals surface area contributed by atoms with E-state index in [1.54, 1.807) is 0 Å². The monoisotopic (exact) mass is 330 g/mol. The van der Waals surface area contributed by atoms with Crippen molar-refractivity contribution in [2.45, 2.75) is 64.3 Å². The van der Waals surface area contributed by atoms with Crippen LogP contribution in [0, 0.1) is 5.92 Å². The Morgan fingerprint density at radius 3 is 2.83 bits per heavy atom. The number of nitrogens with zero attached hydrogens (tertiary/aromatic N) is 3. The zero-order chi connectivity index (χ0) is 16.5. The molecule has 2 fully saturated rings. The fourth-order valence-corrected chi connectivity index (χ4v) is 4.65. The second-order valence-electron chi connectivity index (χ2n) is 7.97. The molecule has 2 aliphatic heterocycles. The number of aryl methyl sites for hydroxylation is 2. The van der Waals surface area contributed by atoms with Crippen molar-refractivity contribution < 1.29 is 4.79 Å². The molecule has 0 aromatic carbocycles. The van der Waals surface area contributed by atoms with Gasteiger partial charge in [0.1, 0.15) is 5.82 Å². The number of imidazole rings is 1. The fraction of sp³-hybridized carbons (Fsp3) is 0.789. The summed E-state index contributed by atoms with van der Waals surface area (Å²) in [5.41, 5.74) is 2.62. The molecule has 3 aliphatic rings. The van der Waals surface area contributed by atoms with E-state index in [2.05, 4.69) is 21.7 Å². The minimum Gasteiger partial charge on any atom is -0.344 e. The Morgan fingerprint density at radius 2 is 2.00 bits per heavy atom. The molecule has 3 heterocycles. The molecule has 5 heteroatoms. The Labute approximate surface area is 144 Å². The standard InChI is InChI=1S/C19H30N4O/c1-14-6-4-11-23(12-14)18(24)13-22-10-5-9-17(22)19-20-15-7-2-3-8-16(15)21-19/h14,17H,2-13H2,1H3,(H,20,21)/t14-,17+/m1/s1. The molecule has 1 aromatic heterocycles. The van der Waals surface area contributed by atoms with Crippen LogP contribution in [0.5, 0.6) is 0 Å². The molecular formula is C19H30N4O. The number of carbonyl (C=O) groups excluding carboxylic acids is 1. The molecule has 1 amide bonds. The second kappa shape index (κ2) is 6.87. The number of aromatic amines is 1. The first-order chi connectivity index (χ1) is 11.7. The van der Waals surface area contributed by atoms with Crippen molar-refractivity contribution in [3.63, 3.8) is 0 Å². The number of hydrogen-bond donors (Lipinski definition) is 1. The largest absolute Gasteiger partial charge is 0.344 e. The molecule has 5 nitrogen and oxygen atoms in total. The van der Waals surface area contributed by atoms with Gasteiger partial charge in [0.2, 0.25) is 5.91 Å². The molecule has 2 saturated heterocycles. The number of amides is 1. The Kier molecular flexibility index (Phi) is 4.61. The molecule has 0 spiro atoms. The minimum absolute atomic E-state index is 0.307. The predicted octanol–water partition coefficient (Wildman–Crippen LogP) is 2.68. The number of likely N-dealkylation sites (tertiary alicyclic amines) is 2. The van der Waals surface area contributed by atoms with Crippen LogP contribution in [0.3, 0.4) is 0 Å². The van der Waals surface area contributed by atoms with E-state index in [9.17, 15) is 4.79 Å². The van der Waals surface area contributed by atoms with Crippen LogP contribution in [0.2, 0.25) is 0 Å². The van der Waals surface area contributed by atoms with E-state index in [1.807, 2.05) is 0 Å². The number of H-pyrrole nitrogens is 1. The van der Waals surface area contributed by atoms with E-state index in [0.717, 1.165) is 51.1 Å². The number of piperidine rings is 1. The van der Waals surface area contributed by atoms with Gasteiger partial charge in [-0.05, 0) is 63.8 Å². The zero-order valence-corrected chi connectivity index (χ0v) is 14.9. The Bertz CT molecular complexity index is 573. The van der Waals surface area contributed by atoms with Gasteiger partial charge in [0.25, 0.3) is 0 Å². The molecule has 1 N–H and O–H groups in total. The third-order valence-electron chi connectivity index (χ3n) is 6.00. The molecule has 132 valence electrons. The van der Waals surface area contributed by atoms with Crippen LogP contribution in [-0.2, 0) is 17.6 Å². The van der Waals surface area contributed by atoms with E-state index < -0.39 is 0 Å². The molecule has 0 saturated carbocycles. The van der Waals surface area contributed by atoms with Crippen LogP contribution in [0.4, 0.5) is 0 Å². The van der Waals surface area contributed by atoms with Crippen LogP contribution in [0.25, 0.3) is 0 Å². The van der Waals surface area contributed by atoms with Crippen molar-refractivity contribution in [2.75, 3.05) is 26.2 Å². The minimum atomic E-state index is 0.307. The lowest BCUT2D eigenvalue weighted by atomic mass is 10.0.